The van der Waals surface area contributed by atoms with E-state index >= 15 is 0 Å². The Kier molecular flexibility index (Phi) is 5.06. The first-order chi connectivity index (χ1) is 10.4. The minimum Gasteiger partial charge on any atom is -0.480 e. The largest absolute Gasteiger partial charge is 0.480 e. The van der Waals surface area contributed by atoms with E-state index in [0.717, 1.165) is 5.56 Å². The summed E-state index contributed by atoms with van der Waals surface area (Å²) >= 11 is 12.1. The van der Waals surface area contributed by atoms with Crippen LogP contribution in [0.3, 0.4) is 0 Å². The second-order valence-corrected chi connectivity index (χ2v) is 5.37. The zero-order valence-corrected chi connectivity index (χ0v) is 13.1. The molecule has 2 aromatic carbocycles. The second kappa shape index (κ2) is 6.81. The summed E-state index contributed by atoms with van der Waals surface area (Å²) in [5.74, 6) is -1.28. The van der Waals surface area contributed by atoms with Crippen molar-refractivity contribution in [2.45, 2.75) is 6.92 Å². The van der Waals surface area contributed by atoms with E-state index in [2.05, 4.69) is 0 Å². The third kappa shape index (κ3) is 3.59. The first-order valence-electron chi connectivity index (χ1n) is 6.34. The van der Waals surface area contributed by atoms with Crippen molar-refractivity contribution in [1.82, 2.24) is 0 Å². The number of ketones is 1. The molecule has 6 heteroatoms. The normalized spacial score (nSPS) is 10.3. The highest BCUT2D eigenvalue weighted by Gasteiger charge is 2.18. The number of ether oxygens (including phenoxy) is 1. The quantitative estimate of drug-likeness (QED) is 0.837. The van der Waals surface area contributed by atoms with Crippen LogP contribution >= 0.6 is 23.2 Å². The van der Waals surface area contributed by atoms with E-state index in [1.165, 1.54) is 12.1 Å². The topological polar surface area (TPSA) is 63.6 Å². The zero-order chi connectivity index (χ0) is 16.3. The van der Waals surface area contributed by atoms with Gasteiger partial charge in [-0.15, -0.1) is 0 Å². The number of carboxylic acid groups (broad SMARTS) is 1. The molecular weight excluding hydrogens is 327 g/mol. The van der Waals surface area contributed by atoms with Crippen LogP contribution in [0.15, 0.2) is 36.4 Å². The van der Waals surface area contributed by atoms with Crippen LogP contribution in [-0.4, -0.2) is 23.5 Å². The number of halogens is 2. The van der Waals surface area contributed by atoms with Gasteiger partial charge in [-0.2, -0.15) is 0 Å². The molecule has 1 N–H and O–H groups in total. The molecule has 0 fully saturated rings. The van der Waals surface area contributed by atoms with Crippen LogP contribution in [0.4, 0.5) is 0 Å². The van der Waals surface area contributed by atoms with Gasteiger partial charge in [0.15, 0.2) is 12.4 Å². The molecule has 0 saturated carbocycles. The SMILES string of the molecule is Cc1ccc(C(=O)c2ccc(OCC(=O)O)c(Cl)c2Cl)cc1. The summed E-state index contributed by atoms with van der Waals surface area (Å²) in [5, 5.41) is 8.65. The number of hydrogen-bond acceptors (Lipinski definition) is 3. The van der Waals surface area contributed by atoms with Crippen LogP contribution in [0.1, 0.15) is 21.5 Å². The molecular formula is C16H12Cl2O4. The number of carboxylic acids is 1. The number of benzene rings is 2. The van der Waals surface area contributed by atoms with Gasteiger partial charge in [0, 0.05) is 11.1 Å². The smallest absolute Gasteiger partial charge is 0.341 e. The van der Waals surface area contributed by atoms with Crippen molar-refractivity contribution >= 4 is 35.0 Å². The van der Waals surface area contributed by atoms with Gasteiger partial charge >= 0.3 is 5.97 Å². The minimum absolute atomic E-state index is 0.0147. The molecule has 0 aliphatic carbocycles. The summed E-state index contributed by atoms with van der Waals surface area (Å²) in [7, 11) is 0. The van der Waals surface area contributed by atoms with E-state index in [-0.39, 0.29) is 27.1 Å². The molecule has 0 aliphatic rings. The van der Waals surface area contributed by atoms with E-state index < -0.39 is 12.6 Å². The lowest BCUT2D eigenvalue weighted by atomic mass is 10.0. The number of hydrogen-bond donors (Lipinski definition) is 1. The monoisotopic (exact) mass is 338 g/mol. The lowest BCUT2D eigenvalue weighted by Gasteiger charge is -2.10. The lowest BCUT2D eigenvalue weighted by Crippen LogP contribution is -2.10. The maximum Gasteiger partial charge on any atom is 0.341 e. The van der Waals surface area contributed by atoms with Crippen molar-refractivity contribution < 1.29 is 19.4 Å². The van der Waals surface area contributed by atoms with E-state index in [1.807, 2.05) is 19.1 Å². The second-order valence-electron chi connectivity index (χ2n) is 4.62. The Morgan fingerprint density at radius 1 is 1.05 bits per heavy atom. The fourth-order valence-electron chi connectivity index (χ4n) is 1.82. The van der Waals surface area contributed by atoms with Gasteiger partial charge in [0.1, 0.15) is 10.8 Å². The molecule has 114 valence electrons. The number of rotatable bonds is 5. The van der Waals surface area contributed by atoms with Crippen molar-refractivity contribution in [1.29, 1.82) is 0 Å². The highest BCUT2D eigenvalue weighted by Crippen LogP contribution is 2.35. The van der Waals surface area contributed by atoms with Gasteiger partial charge in [-0.25, -0.2) is 4.79 Å². The molecule has 2 rings (SSSR count). The van der Waals surface area contributed by atoms with E-state index in [4.69, 9.17) is 33.0 Å². The molecule has 22 heavy (non-hydrogen) atoms. The summed E-state index contributed by atoms with van der Waals surface area (Å²) < 4.78 is 5.01. The maximum atomic E-state index is 12.4. The van der Waals surface area contributed by atoms with Crippen molar-refractivity contribution in [3.05, 3.63) is 63.1 Å². The average Bonchev–Trinajstić information content (AvgIpc) is 2.49. The van der Waals surface area contributed by atoms with Crippen LogP contribution in [-0.2, 0) is 4.79 Å². The van der Waals surface area contributed by atoms with E-state index in [0.29, 0.717) is 5.56 Å². The number of aliphatic carboxylic acids is 1. The highest BCUT2D eigenvalue weighted by atomic mass is 35.5. The predicted octanol–water partition coefficient (Wildman–Crippen LogP) is 4.00. The summed E-state index contributed by atoms with van der Waals surface area (Å²) in [6, 6.07) is 9.96. The molecule has 0 bridgehead atoms. The van der Waals surface area contributed by atoms with Crippen LogP contribution in [0.25, 0.3) is 0 Å². The number of aryl methyl sites for hydroxylation is 1. The summed E-state index contributed by atoms with van der Waals surface area (Å²) in [5.41, 5.74) is 1.76. The molecule has 0 aliphatic heterocycles. The summed E-state index contributed by atoms with van der Waals surface area (Å²) in [4.78, 5) is 22.9. The highest BCUT2D eigenvalue weighted by molar-refractivity contribution is 6.45. The van der Waals surface area contributed by atoms with Crippen molar-refractivity contribution in [3.63, 3.8) is 0 Å². The zero-order valence-electron chi connectivity index (χ0n) is 11.6. The van der Waals surface area contributed by atoms with Crippen LogP contribution in [0, 0.1) is 6.92 Å². The van der Waals surface area contributed by atoms with E-state index in [9.17, 15) is 9.59 Å². The Morgan fingerprint density at radius 2 is 1.68 bits per heavy atom. The van der Waals surface area contributed by atoms with E-state index in [1.54, 1.807) is 12.1 Å². The van der Waals surface area contributed by atoms with Gasteiger partial charge in [-0.3, -0.25) is 4.79 Å². The Labute approximate surface area is 137 Å². The van der Waals surface area contributed by atoms with Gasteiger partial charge in [0.05, 0.1) is 5.02 Å². The molecule has 0 saturated heterocycles. The van der Waals surface area contributed by atoms with Gasteiger partial charge in [0.2, 0.25) is 0 Å². The van der Waals surface area contributed by atoms with Gasteiger partial charge < -0.3 is 9.84 Å². The third-order valence-electron chi connectivity index (χ3n) is 2.96. The average molecular weight is 339 g/mol. The minimum atomic E-state index is -1.13. The Bertz CT molecular complexity index is 724. The number of carbonyl (C=O) groups is 2. The molecule has 0 aromatic heterocycles. The fraction of sp³-hybridized carbons (Fsp3) is 0.125. The van der Waals surface area contributed by atoms with Crippen molar-refractivity contribution in [2.24, 2.45) is 0 Å². The molecule has 0 atom stereocenters. The standard InChI is InChI=1S/C16H12Cl2O4/c1-9-2-4-10(5-3-9)16(21)11-6-7-12(15(18)14(11)17)22-8-13(19)20/h2-7H,8H2,1H3,(H,19,20). The van der Waals surface area contributed by atoms with Gasteiger partial charge in [0.25, 0.3) is 0 Å². The van der Waals surface area contributed by atoms with Crippen molar-refractivity contribution in [2.75, 3.05) is 6.61 Å². The number of carbonyl (C=O) groups excluding carboxylic acids is 1. The van der Waals surface area contributed by atoms with Crippen LogP contribution in [0.2, 0.25) is 10.0 Å². The van der Waals surface area contributed by atoms with Crippen LogP contribution in [0.5, 0.6) is 5.75 Å². The summed E-state index contributed by atoms with van der Waals surface area (Å²) in [6.45, 7) is 1.38. The maximum absolute atomic E-state index is 12.4. The summed E-state index contributed by atoms with van der Waals surface area (Å²) in [6.07, 6.45) is 0. The molecule has 0 amide bonds. The lowest BCUT2D eigenvalue weighted by molar-refractivity contribution is -0.139. The molecule has 0 heterocycles. The van der Waals surface area contributed by atoms with Gasteiger partial charge in [-0.1, -0.05) is 53.0 Å². The fourth-order valence-corrected chi connectivity index (χ4v) is 2.28. The Hall–Kier alpha value is -2.04. The third-order valence-corrected chi connectivity index (χ3v) is 3.82. The Morgan fingerprint density at radius 3 is 2.27 bits per heavy atom. The van der Waals surface area contributed by atoms with Crippen LogP contribution < -0.4 is 4.74 Å². The Balaban J connectivity index is 2.32. The first-order valence-corrected chi connectivity index (χ1v) is 7.09. The molecule has 4 nitrogen and oxygen atoms in total. The molecule has 2 aromatic rings. The molecule has 0 spiro atoms. The van der Waals surface area contributed by atoms with Crippen molar-refractivity contribution in [3.8, 4) is 5.75 Å². The first kappa shape index (κ1) is 16.3. The van der Waals surface area contributed by atoms with Gasteiger partial charge in [-0.05, 0) is 19.1 Å². The molecule has 0 unspecified atom stereocenters. The molecule has 0 radical (unpaired) electrons. The predicted molar refractivity (Wildman–Crippen MR) is 84.2 cm³/mol.